The maximum absolute atomic E-state index is 13.0. The first-order chi connectivity index (χ1) is 15.8. The molecule has 3 aromatic carbocycles. The summed E-state index contributed by atoms with van der Waals surface area (Å²) in [5.41, 5.74) is 1.21. The van der Waals surface area contributed by atoms with Crippen molar-refractivity contribution in [3.63, 3.8) is 0 Å². The Morgan fingerprint density at radius 1 is 0.970 bits per heavy atom. The van der Waals surface area contributed by atoms with E-state index in [-0.39, 0.29) is 22.0 Å². The topological polar surface area (TPSA) is 128 Å². The Bertz CT molecular complexity index is 1390. The van der Waals surface area contributed by atoms with Crippen LogP contribution in [-0.2, 0) is 10.0 Å². The summed E-state index contributed by atoms with van der Waals surface area (Å²) in [7, 11) is -3.97. The second-order valence-corrected chi connectivity index (χ2v) is 8.74. The summed E-state index contributed by atoms with van der Waals surface area (Å²) in [5, 5.41) is 15.0. The molecule has 0 aliphatic carbocycles. The van der Waals surface area contributed by atoms with E-state index in [9.17, 15) is 18.5 Å². The molecule has 33 heavy (non-hydrogen) atoms. The van der Waals surface area contributed by atoms with E-state index in [1.165, 1.54) is 36.4 Å². The molecule has 9 nitrogen and oxygen atoms in total. The van der Waals surface area contributed by atoms with Gasteiger partial charge in [0.25, 0.3) is 11.6 Å². The van der Waals surface area contributed by atoms with Crippen LogP contribution in [0.1, 0.15) is 17.5 Å². The largest absolute Gasteiger partial charge is 0.334 e. The Morgan fingerprint density at radius 2 is 1.58 bits per heavy atom. The van der Waals surface area contributed by atoms with Gasteiger partial charge in [-0.05, 0) is 17.7 Å². The average molecular weight is 462 g/mol. The second-order valence-electron chi connectivity index (χ2n) is 7.03. The molecule has 1 N–H and O–H groups in total. The van der Waals surface area contributed by atoms with Gasteiger partial charge >= 0.3 is 0 Å². The molecule has 10 heteroatoms. The minimum Gasteiger partial charge on any atom is -0.334 e. The van der Waals surface area contributed by atoms with Gasteiger partial charge in [-0.25, -0.2) is 8.42 Å². The highest BCUT2D eigenvalue weighted by Gasteiger charge is 2.28. The SMILES string of the molecule is C=C(c1nc(-c2ccccc2)no1)[C@@H](NS(=O)(=O)c1ccccc1)c1ccc([N+](=O)[O-])cc1. The van der Waals surface area contributed by atoms with Crippen molar-refractivity contribution in [2.24, 2.45) is 0 Å². The van der Waals surface area contributed by atoms with E-state index in [0.717, 1.165) is 5.56 Å². The van der Waals surface area contributed by atoms with Crippen LogP contribution in [0.4, 0.5) is 5.69 Å². The van der Waals surface area contributed by atoms with E-state index in [1.807, 2.05) is 30.3 Å². The number of aromatic nitrogens is 2. The van der Waals surface area contributed by atoms with Gasteiger partial charge in [0.1, 0.15) is 0 Å². The molecule has 4 aromatic rings. The predicted octanol–water partition coefficient (Wildman–Crippen LogP) is 4.38. The van der Waals surface area contributed by atoms with E-state index in [4.69, 9.17) is 4.52 Å². The highest BCUT2D eigenvalue weighted by molar-refractivity contribution is 7.89. The van der Waals surface area contributed by atoms with E-state index in [2.05, 4.69) is 21.4 Å². The van der Waals surface area contributed by atoms with Crippen LogP contribution in [0, 0.1) is 10.1 Å². The molecule has 1 aromatic heterocycles. The molecular weight excluding hydrogens is 444 g/mol. The van der Waals surface area contributed by atoms with Gasteiger partial charge in [0.2, 0.25) is 15.8 Å². The molecule has 1 heterocycles. The van der Waals surface area contributed by atoms with Crippen LogP contribution in [-0.4, -0.2) is 23.5 Å². The monoisotopic (exact) mass is 462 g/mol. The van der Waals surface area contributed by atoms with Crippen LogP contribution in [0.2, 0.25) is 0 Å². The predicted molar refractivity (Wildman–Crippen MR) is 121 cm³/mol. The van der Waals surface area contributed by atoms with Gasteiger partial charge in [0.15, 0.2) is 0 Å². The summed E-state index contributed by atoms with van der Waals surface area (Å²) in [6.07, 6.45) is 0. The number of sulfonamides is 1. The van der Waals surface area contributed by atoms with Crippen molar-refractivity contribution < 1.29 is 17.9 Å². The number of nitrogens with zero attached hydrogens (tertiary/aromatic N) is 3. The Morgan fingerprint density at radius 3 is 2.18 bits per heavy atom. The zero-order valence-corrected chi connectivity index (χ0v) is 18.0. The lowest BCUT2D eigenvalue weighted by atomic mass is 10.0. The molecule has 4 rings (SSSR count). The van der Waals surface area contributed by atoms with Gasteiger partial charge in [0, 0.05) is 23.3 Å². The van der Waals surface area contributed by atoms with Crippen LogP contribution in [0.25, 0.3) is 17.0 Å². The first-order valence-corrected chi connectivity index (χ1v) is 11.2. The summed E-state index contributed by atoms with van der Waals surface area (Å²) in [6, 6.07) is 21.4. The first-order valence-electron chi connectivity index (χ1n) is 9.75. The quantitative estimate of drug-likeness (QED) is 0.304. The number of rotatable bonds is 8. The fourth-order valence-electron chi connectivity index (χ4n) is 3.13. The maximum Gasteiger partial charge on any atom is 0.269 e. The van der Waals surface area contributed by atoms with Gasteiger partial charge in [-0.15, -0.1) is 0 Å². The van der Waals surface area contributed by atoms with Gasteiger partial charge in [-0.2, -0.15) is 9.71 Å². The Kier molecular flexibility index (Phi) is 6.11. The van der Waals surface area contributed by atoms with Crippen molar-refractivity contribution in [3.8, 4) is 11.4 Å². The fraction of sp³-hybridized carbons (Fsp3) is 0.0435. The van der Waals surface area contributed by atoms with Crippen LogP contribution < -0.4 is 4.72 Å². The molecule has 0 saturated heterocycles. The van der Waals surface area contributed by atoms with Crippen LogP contribution in [0.3, 0.4) is 0 Å². The van der Waals surface area contributed by atoms with Crippen LogP contribution in [0.15, 0.2) is 101 Å². The highest BCUT2D eigenvalue weighted by atomic mass is 32.2. The van der Waals surface area contributed by atoms with Crippen molar-refractivity contribution in [1.82, 2.24) is 14.9 Å². The lowest BCUT2D eigenvalue weighted by Gasteiger charge is -2.19. The molecule has 0 aliphatic rings. The number of nitro groups is 1. The first kappa shape index (κ1) is 22.1. The molecule has 166 valence electrons. The molecule has 0 fully saturated rings. The van der Waals surface area contributed by atoms with Gasteiger partial charge in [-0.1, -0.05) is 72.4 Å². The third-order valence-corrected chi connectivity index (χ3v) is 6.28. The third-order valence-electron chi connectivity index (χ3n) is 4.84. The zero-order valence-electron chi connectivity index (χ0n) is 17.2. The number of hydrogen-bond acceptors (Lipinski definition) is 7. The summed E-state index contributed by atoms with van der Waals surface area (Å²) in [5.74, 6) is 0.355. The van der Waals surface area contributed by atoms with Crippen molar-refractivity contribution >= 4 is 21.3 Å². The number of non-ortho nitro benzene ring substituents is 1. The molecule has 0 aliphatic heterocycles. The van der Waals surface area contributed by atoms with Gasteiger partial charge in [0.05, 0.1) is 15.9 Å². The van der Waals surface area contributed by atoms with E-state index >= 15 is 0 Å². The summed E-state index contributed by atoms with van der Waals surface area (Å²) in [6.45, 7) is 3.99. The minimum absolute atomic E-state index is 0.0352. The number of nitrogens with one attached hydrogen (secondary N) is 1. The smallest absolute Gasteiger partial charge is 0.269 e. The molecule has 0 bridgehead atoms. The Labute approximate surface area is 189 Å². The summed E-state index contributed by atoms with van der Waals surface area (Å²) in [4.78, 5) is 14.9. The molecule has 0 unspecified atom stereocenters. The Balaban J connectivity index is 1.71. The van der Waals surface area contributed by atoms with E-state index in [1.54, 1.807) is 18.2 Å². The zero-order chi connectivity index (χ0) is 23.4. The molecule has 0 radical (unpaired) electrons. The lowest BCUT2D eigenvalue weighted by Crippen LogP contribution is -2.29. The van der Waals surface area contributed by atoms with Crippen molar-refractivity contribution in [2.45, 2.75) is 10.9 Å². The standard InChI is InChI=1S/C23H18N4O5S/c1-16(23-24-22(25-32-23)18-8-4-2-5-9-18)21(17-12-14-19(15-13-17)27(28)29)26-33(30,31)20-10-6-3-7-11-20/h2-15,21,26H,1H2/t21-/m1/s1. The Hall–Kier alpha value is -4.15. The molecule has 0 saturated carbocycles. The van der Waals surface area contributed by atoms with Crippen molar-refractivity contribution in [3.05, 3.63) is 113 Å². The maximum atomic E-state index is 13.0. The number of nitro benzene ring substituents is 1. The average Bonchev–Trinajstić information content (AvgIpc) is 3.34. The summed E-state index contributed by atoms with van der Waals surface area (Å²) < 4.78 is 34.0. The fourth-order valence-corrected chi connectivity index (χ4v) is 4.37. The van der Waals surface area contributed by atoms with E-state index in [0.29, 0.717) is 11.4 Å². The van der Waals surface area contributed by atoms with E-state index < -0.39 is 21.0 Å². The third kappa shape index (κ3) is 4.86. The lowest BCUT2D eigenvalue weighted by molar-refractivity contribution is -0.384. The summed E-state index contributed by atoms with van der Waals surface area (Å²) >= 11 is 0. The number of benzene rings is 3. The van der Waals surface area contributed by atoms with Crippen LogP contribution >= 0.6 is 0 Å². The molecule has 0 spiro atoms. The van der Waals surface area contributed by atoms with Gasteiger partial charge in [-0.3, -0.25) is 10.1 Å². The highest BCUT2D eigenvalue weighted by Crippen LogP contribution is 2.31. The normalized spacial score (nSPS) is 12.2. The van der Waals surface area contributed by atoms with Crippen LogP contribution in [0.5, 0.6) is 0 Å². The van der Waals surface area contributed by atoms with Crippen molar-refractivity contribution in [2.75, 3.05) is 0 Å². The molecule has 0 amide bonds. The molecule has 1 atom stereocenters. The minimum atomic E-state index is -3.97. The number of hydrogen-bond donors (Lipinski definition) is 1. The van der Waals surface area contributed by atoms with Crippen molar-refractivity contribution in [1.29, 1.82) is 0 Å². The molecular formula is C23H18N4O5S. The second kappa shape index (κ2) is 9.15. The van der Waals surface area contributed by atoms with Gasteiger partial charge < -0.3 is 4.52 Å².